The van der Waals surface area contributed by atoms with Gasteiger partial charge in [0.25, 0.3) is 0 Å². The number of rotatable bonds is 8. The molecule has 0 spiro atoms. The summed E-state index contributed by atoms with van der Waals surface area (Å²) in [5, 5.41) is 6.85. The fourth-order valence-electron chi connectivity index (χ4n) is 2.71. The van der Waals surface area contributed by atoms with E-state index in [2.05, 4.69) is 10.5 Å². The number of benzene rings is 2. The molecule has 0 radical (unpaired) electrons. The molecule has 0 aliphatic rings. The lowest BCUT2D eigenvalue weighted by atomic mass is 10.1. The molecule has 0 unspecified atom stereocenters. The minimum Gasteiger partial charge on any atom is -0.497 e. The summed E-state index contributed by atoms with van der Waals surface area (Å²) in [6.07, 6.45) is 0.226. The number of amides is 1. The Morgan fingerprint density at radius 1 is 0.964 bits per heavy atom. The van der Waals surface area contributed by atoms with Crippen molar-refractivity contribution in [2.45, 2.75) is 13.0 Å². The first-order valence-electron chi connectivity index (χ1n) is 8.70. The highest BCUT2D eigenvalue weighted by molar-refractivity contribution is 5.78. The van der Waals surface area contributed by atoms with Crippen molar-refractivity contribution in [3.63, 3.8) is 0 Å². The average Bonchev–Trinajstić information content (AvgIpc) is 3.21. The molecule has 0 bridgehead atoms. The van der Waals surface area contributed by atoms with E-state index in [9.17, 15) is 4.79 Å². The van der Waals surface area contributed by atoms with Crippen molar-refractivity contribution in [1.82, 2.24) is 10.5 Å². The fourth-order valence-corrected chi connectivity index (χ4v) is 2.71. The summed E-state index contributed by atoms with van der Waals surface area (Å²) in [4.78, 5) is 12.2. The van der Waals surface area contributed by atoms with Gasteiger partial charge >= 0.3 is 0 Å². The minimum atomic E-state index is -0.124. The molecular formula is C21H22N2O5. The SMILES string of the molecule is COc1ccc(-c2cc(CNC(=O)Cc3ccc(OC)c(OC)c3)no2)cc1. The first kappa shape index (κ1) is 19.3. The van der Waals surface area contributed by atoms with E-state index in [1.807, 2.05) is 30.3 Å². The molecule has 3 aromatic rings. The predicted molar refractivity (Wildman–Crippen MR) is 104 cm³/mol. The first-order valence-corrected chi connectivity index (χ1v) is 8.70. The Bertz CT molecular complexity index is 934. The van der Waals surface area contributed by atoms with E-state index in [1.54, 1.807) is 39.5 Å². The predicted octanol–water partition coefficient (Wildman–Crippen LogP) is 3.23. The highest BCUT2D eigenvalue weighted by Crippen LogP contribution is 2.27. The van der Waals surface area contributed by atoms with Gasteiger partial charge in [-0.15, -0.1) is 0 Å². The second-order valence-corrected chi connectivity index (χ2v) is 6.05. The Kier molecular flexibility index (Phi) is 6.16. The molecule has 0 saturated heterocycles. The first-order chi connectivity index (χ1) is 13.6. The molecule has 0 aliphatic carbocycles. The maximum atomic E-state index is 12.2. The number of nitrogens with one attached hydrogen (secondary N) is 1. The molecule has 0 aliphatic heterocycles. The molecule has 28 heavy (non-hydrogen) atoms. The standard InChI is InChI=1S/C21H22N2O5/c1-25-17-7-5-15(6-8-17)19-12-16(23-28-19)13-22-21(24)11-14-4-9-18(26-2)20(10-14)27-3/h4-10,12H,11,13H2,1-3H3,(H,22,24). The number of aromatic nitrogens is 1. The zero-order valence-electron chi connectivity index (χ0n) is 16.0. The van der Waals surface area contributed by atoms with Gasteiger partial charge in [0.05, 0.1) is 34.3 Å². The molecule has 1 amide bonds. The summed E-state index contributed by atoms with van der Waals surface area (Å²) >= 11 is 0. The Morgan fingerprint density at radius 3 is 2.39 bits per heavy atom. The van der Waals surface area contributed by atoms with Crippen molar-refractivity contribution < 1.29 is 23.5 Å². The largest absolute Gasteiger partial charge is 0.497 e. The van der Waals surface area contributed by atoms with E-state index in [4.69, 9.17) is 18.7 Å². The third-order valence-electron chi connectivity index (χ3n) is 4.21. The van der Waals surface area contributed by atoms with Gasteiger partial charge in [0, 0.05) is 11.6 Å². The van der Waals surface area contributed by atoms with E-state index in [-0.39, 0.29) is 18.9 Å². The molecule has 7 heteroatoms. The molecule has 0 fully saturated rings. The molecular weight excluding hydrogens is 360 g/mol. The summed E-state index contributed by atoms with van der Waals surface area (Å²) < 4.78 is 21.0. The number of hydrogen-bond acceptors (Lipinski definition) is 6. The zero-order valence-corrected chi connectivity index (χ0v) is 16.0. The average molecular weight is 382 g/mol. The van der Waals surface area contributed by atoms with Crippen molar-refractivity contribution in [3.8, 4) is 28.6 Å². The van der Waals surface area contributed by atoms with Gasteiger partial charge in [0.15, 0.2) is 17.3 Å². The zero-order chi connectivity index (χ0) is 19.9. The fraction of sp³-hybridized carbons (Fsp3) is 0.238. The van der Waals surface area contributed by atoms with Crippen LogP contribution in [0.2, 0.25) is 0 Å². The van der Waals surface area contributed by atoms with Crippen LogP contribution in [-0.4, -0.2) is 32.4 Å². The Labute approximate surface area is 163 Å². The summed E-state index contributed by atoms with van der Waals surface area (Å²) in [7, 11) is 4.75. The van der Waals surface area contributed by atoms with Crippen molar-refractivity contribution in [2.24, 2.45) is 0 Å². The highest BCUT2D eigenvalue weighted by atomic mass is 16.5. The van der Waals surface area contributed by atoms with Crippen LogP contribution in [0.1, 0.15) is 11.3 Å². The molecule has 3 rings (SSSR count). The van der Waals surface area contributed by atoms with E-state index in [1.165, 1.54) is 0 Å². The smallest absolute Gasteiger partial charge is 0.224 e. The molecule has 146 valence electrons. The van der Waals surface area contributed by atoms with Crippen LogP contribution in [0, 0.1) is 0 Å². The third kappa shape index (κ3) is 4.62. The summed E-state index contributed by atoms with van der Waals surface area (Å²) in [6, 6.07) is 14.7. The van der Waals surface area contributed by atoms with Crippen LogP contribution in [0.4, 0.5) is 0 Å². The minimum absolute atomic E-state index is 0.124. The highest BCUT2D eigenvalue weighted by Gasteiger charge is 2.11. The van der Waals surface area contributed by atoms with E-state index in [0.717, 1.165) is 16.9 Å². The number of methoxy groups -OCH3 is 3. The lowest BCUT2D eigenvalue weighted by molar-refractivity contribution is -0.120. The lowest BCUT2D eigenvalue weighted by Crippen LogP contribution is -2.24. The van der Waals surface area contributed by atoms with Gasteiger partial charge in [-0.3, -0.25) is 4.79 Å². The summed E-state index contributed by atoms with van der Waals surface area (Å²) in [6.45, 7) is 0.284. The van der Waals surface area contributed by atoms with Gasteiger partial charge in [-0.25, -0.2) is 0 Å². The third-order valence-corrected chi connectivity index (χ3v) is 4.21. The van der Waals surface area contributed by atoms with Crippen molar-refractivity contribution in [2.75, 3.05) is 21.3 Å². The van der Waals surface area contributed by atoms with Crippen molar-refractivity contribution in [3.05, 3.63) is 59.8 Å². The number of hydrogen-bond donors (Lipinski definition) is 1. The molecule has 0 saturated carbocycles. The van der Waals surface area contributed by atoms with Crippen molar-refractivity contribution >= 4 is 5.91 Å². The Hall–Kier alpha value is -3.48. The second-order valence-electron chi connectivity index (χ2n) is 6.05. The maximum absolute atomic E-state index is 12.2. The van der Waals surface area contributed by atoms with Crippen LogP contribution < -0.4 is 19.5 Å². The van der Waals surface area contributed by atoms with Gasteiger partial charge in [-0.2, -0.15) is 0 Å². The van der Waals surface area contributed by atoms with Crippen molar-refractivity contribution in [1.29, 1.82) is 0 Å². The number of carbonyl (C=O) groups is 1. The lowest BCUT2D eigenvalue weighted by Gasteiger charge is -2.09. The second kappa shape index (κ2) is 8.94. The quantitative estimate of drug-likeness (QED) is 0.644. The molecule has 1 N–H and O–H groups in total. The van der Waals surface area contributed by atoms with E-state index in [0.29, 0.717) is 23.0 Å². The van der Waals surface area contributed by atoms with Gasteiger partial charge in [-0.1, -0.05) is 11.2 Å². The number of ether oxygens (including phenoxy) is 3. The summed E-state index contributed by atoms with van der Waals surface area (Å²) in [5.41, 5.74) is 2.36. The van der Waals surface area contributed by atoms with Crippen LogP contribution in [0.5, 0.6) is 17.2 Å². The van der Waals surface area contributed by atoms with Gasteiger partial charge in [-0.05, 0) is 42.0 Å². The number of nitrogens with zero attached hydrogens (tertiary/aromatic N) is 1. The Morgan fingerprint density at radius 2 is 1.71 bits per heavy atom. The molecule has 0 atom stereocenters. The monoisotopic (exact) mass is 382 g/mol. The normalized spacial score (nSPS) is 10.4. The van der Waals surface area contributed by atoms with Crippen LogP contribution in [0.15, 0.2) is 53.1 Å². The topological polar surface area (TPSA) is 82.8 Å². The number of carbonyl (C=O) groups excluding carboxylic acids is 1. The van der Waals surface area contributed by atoms with E-state index >= 15 is 0 Å². The molecule has 2 aromatic carbocycles. The molecule has 1 heterocycles. The van der Waals surface area contributed by atoms with Crippen LogP contribution in [0.3, 0.4) is 0 Å². The van der Waals surface area contributed by atoms with Gasteiger partial charge < -0.3 is 24.1 Å². The Balaban J connectivity index is 1.57. The van der Waals surface area contributed by atoms with Crippen LogP contribution in [0.25, 0.3) is 11.3 Å². The maximum Gasteiger partial charge on any atom is 0.224 e. The molecule has 1 aromatic heterocycles. The summed E-state index contributed by atoms with van der Waals surface area (Å²) in [5.74, 6) is 2.49. The van der Waals surface area contributed by atoms with Gasteiger partial charge in [0.2, 0.25) is 5.91 Å². The van der Waals surface area contributed by atoms with Crippen LogP contribution in [-0.2, 0) is 17.8 Å². The van der Waals surface area contributed by atoms with Gasteiger partial charge in [0.1, 0.15) is 11.4 Å². The van der Waals surface area contributed by atoms with E-state index < -0.39 is 0 Å². The molecule has 7 nitrogen and oxygen atoms in total. The van der Waals surface area contributed by atoms with Crippen LogP contribution >= 0.6 is 0 Å².